The van der Waals surface area contributed by atoms with Crippen molar-refractivity contribution < 1.29 is 19.1 Å². The van der Waals surface area contributed by atoms with Gasteiger partial charge in [0.2, 0.25) is 0 Å². The number of carbonyl (C=O) groups is 2. The average molecular weight is 514 g/mol. The number of hydrogen-bond acceptors (Lipinski definition) is 4. The molecule has 0 heterocycles. The van der Waals surface area contributed by atoms with Gasteiger partial charge in [0.25, 0.3) is 0 Å². The zero-order valence-corrected chi connectivity index (χ0v) is 21.1. The second-order valence-electron chi connectivity index (χ2n) is 7.53. The highest BCUT2D eigenvalue weighted by molar-refractivity contribution is 6.48. The molecule has 0 saturated carbocycles. The molecule has 1 aromatic carbocycles. The Labute approximate surface area is 205 Å². The van der Waals surface area contributed by atoms with E-state index in [4.69, 9.17) is 55.9 Å². The predicted molar refractivity (Wildman–Crippen MR) is 129 cm³/mol. The van der Waals surface area contributed by atoms with Crippen LogP contribution in [0.25, 0.3) is 0 Å². The molecular formula is C23H32Cl4O4. The molecule has 0 radical (unpaired) electrons. The van der Waals surface area contributed by atoms with Crippen molar-refractivity contribution >= 4 is 58.3 Å². The third-order valence-electron chi connectivity index (χ3n) is 4.81. The minimum Gasteiger partial charge on any atom is -0.466 e. The summed E-state index contributed by atoms with van der Waals surface area (Å²) in [6.45, 7) is 2.72. The summed E-state index contributed by atoms with van der Waals surface area (Å²) in [7, 11) is 0. The van der Waals surface area contributed by atoms with Crippen molar-refractivity contribution in [3.63, 3.8) is 0 Å². The lowest BCUT2D eigenvalue weighted by molar-refractivity contribution is -0.144. The lowest BCUT2D eigenvalue weighted by Crippen LogP contribution is -2.08. The average Bonchev–Trinajstić information content (AvgIpc) is 2.74. The summed E-state index contributed by atoms with van der Waals surface area (Å²) in [5, 5.41) is 0.489. The van der Waals surface area contributed by atoms with Crippen LogP contribution in [0.4, 0.5) is 0 Å². The first kappa shape index (κ1) is 28.4. The van der Waals surface area contributed by atoms with Gasteiger partial charge < -0.3 is 9.47 Å². The van der Waals surface area contributed by atoms with Crippen molar-refractivity contribution in [2.24, 2.45) is 0 Å². The molecule has 0 aromatic heterocycles. The highest BCUT2D eigenvalue weighted by atomic mass is 35.5. The summed E-state index contributed by atoms with van der Waals surface area (Å²) in [5.74, 6) is -0.532. The molecule has 0 unspecified atom stereocenters. The van der Waals surface area contributed by atoms with Crippen LogP contribution in [0.1, 0.15) is 90.4 Å². The molecule has 176 valence electrons. The smallest absolute Gasteiger partial charge is 0.311 e. The normalized spacial score (nSPS) is 10.9. The van der Waals surface area contributed by atoms with Crippen LogP contribution < -0.4 is 4.74 Å². The van der Waals surface area contributed by atoms with Gasteiger partial charge in [0.15, 0.2) is 5.75 Å². The highest BCUT2D eigenvalue weighted by Crippen LogP contribution is 2.42. The maximum Gasteiger partial charge on any atom is 0.311 e. The Morgan fingerprint density at radius 1 is 0.710 bits per heavy atom. The number of rotatable bonds is 16. The molecule has 0 amide bonds. The summed E-state index contributed by atoms with van der Waals surface area (Å²) >= 11 is 23.9. The first-order valence-corrected chi connectivity index (χ1v) is 12.6. The van der Waals surface area contributed by atoms with E-state index in [9.17, 15) is 9.59 Å². The number of ether oxygens (including phenoxy) is 2. The molecule has 0 aliphatic rings. The van der Waals surface area contributed by atoms with Gasteiger partial charge in [0.05, 0.1) is 16.7 Å². The third kappa shape index (κ3) is 12.2. The number of esters is 2. The zero-order chi connectivity index (χ0) is 23.1. The highest BCUT2D eigenvalue weighted by Gasteiger charge is 2.18. The molecule has 1 aromatic rings. The van der Waals surface area contributed by atoms with Gasteiger partial charge in [-0.2, -0.15) is 0 Å². The van der Waals surface area contributed by atoms with Crippen molar-refractivity contribution in [1.29, 1.82) is 0 Å². The minimum absolute atomic E-state index is 0.00122. The fourth-order valence-corrected chi connectivity index (χ4v) is 3.88. The molecular weight excluding hydrogens is 482 g/mol. The lowest BCUT2D eigenvalue weighted by Gasteiger charge is -2.10. The fraction of sp³-hybridized carbons (Fsp3) is 0.652. The lowest BCUT2D eigenvalue weighted by atomic mass is 10.1. The second-order valence-corrected chi connectivity index (χ2v) is 9.10. The van der Waals surface area contributed by atoms with Crippen molar-refractivity contribution in [2.75, 3.05) is 6.61 Å². The molecule has 0 atom stereocenters. The molecule has 31 heavy (non-hydrogen) atoms. The second kappa shape index (κ2) is 16.9. The van der Waals surface area contributed by atoms with Crippen LogP contribution in [0, 0.1) is 0 Å². The van der Waals surface area contributed by atoms with Gasteiger partial charge >= 0.3 is 11.9 Å². The fourth-order valence-electron chi connectivity index (χ4n) is 3.02. The minimum atomic E-state index is -0.431. The first-order chi connectivity index (χ1) is 14.9. The van der Waals surface area contributed by atoms with Crippen LogP contribution in [0.2, 0.25) is 20.1 Å². The standard InChI is InChI=1S/C23H32Cl4O4/c1-2-3-4-9-12-15-30-19(28)13-10-7-5-6-8-11-14-20(29)31-23-21(26)17(24)16-18(25)22(23)27/h16H,2-15H2,1H3. The molecule has 1 rings (SSSR count). The summed E-state index contributed by atoms with van der Waals surface area (Å²) in [5.41, 5.74) is 0. The van der Waals surface area contributed by atoms with E-state index < -0.39 is 5.97 Å². The number of benzene rings is 1. The first-order valence-electron chi connectivity index (χ1n) is 11.1. The van der Waals surface area contributed by atoms with Crippen molar-refractivity contribution in [3.8, 4) is 5.75 Å². The molecule has 0 fully saturated rings. The zero-order valence-electron chi connectivity index (χ0n) is 18.1. The molecule has 8 heteroatoms. The SMILES string of the molecule is CCCCCCCOC(=O)CCCCCCCCC(=O)Oc1c(Cl)c(Cl)cc(Cl)c1Cl. The van der Waals surface area contributed by atoms with Crippen LogP contribution in [0.3, 0.4) is 0 Å². The van der Waals surface area contributed by atoms with Gasteiger partial charge in [-0.25, -0.2) is 0 Å². The van der Waals surface area contributed by atoms with Gasteiger partial charge in [0, 0.05) is 12.8 Å². The van der Waals surface area contributed by atoms with Gasteiger partial charge in [-0.1, -0.05) is 105 Å². The Morgan fingerprint density at radius 3 is 1.77 bits per heavy atom. The molecule has 0 aliphatic heterocycles. The molecule has 0 saturated heterocycles. The number of unbranched alkanes of at least 4 members (excludes halogenated alkanes) is 9. The van der Waals surface area contributed by atoms with Crippen LogP contribution in [-0.2, 0) is 14.3 Å². The molecule has 0 N–H and O–H groups in total. The Bertz CT molecular complexity index is 668. The van der Waals surface area contributed by atoms with Gasteiger partial charge in [0.1, 0.15) is 10.0 Å². The topological polar surface area (TPSA) is 52.6 Å². The molecule has 4 nitrogen and oxygen atoms in total. The Morgan fingerprint density at radius 2 is 1.19 bits per heavy atom. The van der Waals surface area contributed by atoms with Crippen molar-refractivity contribution in [1.82, 2.24) is 0 Å². The molecule has 0 spiro atoms. The monoisotopic (exact) mass is 512 g/mol. The largest absolute Gasteiger partial charge is 0.466 e. The van der Waals surface area contributed by atoms with Gasteiger partial charge in [-0.15, -0.1) is 0 Å². The van der Waals surface area contributed by atoms with E-state index in [0.717, 1.165) is 44.9 Å². The summed E-state index contributed by atoms with van der Waals surface area (Å²) in [6, 6.07) is 1.40. The van der Waals surface area contributed by atoms with Crippen LogP contribution in [-0.4, -0.2) is 18.5 Å². The summed E-state index contributed by atoms with van der Waals surface area (Å²) < 4.78 is 10.5. The maximum atomic E-state index is 12.0. The third-order valence-corrected chi connectivity index (χ3v) is 6.35. The van der Waals surface area contributed by atoms with E-state index in [1.807, 2.05) is 0 Å². The Hall–Kier alpha value is -0.680. The van der Waals surface area contributed by atoms with E-state index in [0.29, 0.717) is 19.4 Å². The van der Waals surface area contributed by atoms with Crippen LogP contribution in [0.15, 0.2) is 6.07 Å². The summed E-state index contributed by atoms with van der Waals surface area (Å²) in [4.78, 5) is 23.7. The van der Waals surface area contributed by atoms with E-state index in [2.05, 4.69) is 6.92 Å². The Balaban J connectivity index is 2.05. The predicted octanol–water partition coefficient (Wildman–Crippen LogP) is 8.84. The molecule has 0 aliphatic carbocycles. The quantitative estimate of drug-likeness (QED) is 0.0957. The van der Waals surface area contributed by atoms with Gasteiger partial charge in [-0.3, -0.25) is 9.59 Å². The van der Waals surface area contributed by atoms with E-state index in [-0.39, 0.29) is 38.2 Å². The molecule has 0 bridgehead atoms. The Kier molecular flexibility index (Phi) is 15.4. The van der Waals surface area contributed by atoms with Crippen LogP contribution >= 0.6 is 46.4 Å². The van der Waals surface area contributed by atoms with Crippen molar-refractivity contribution in [3.05, 3.63) is 26.2 Å². The maximum absolute atomic E-state index is 12.0. The van der Waals surface area contributed by atoms with E-state index >= 15 is 0 Å². The van der Waals surface area contributed by atoms with Gasteiger partial charge in [-0.05, 0) is 25.3 Å². The van der Waals surface area contributed by atoms with Crippen LogP contribution in [0.5, 0.6) is 5.75 Å². The van der Waals surface area contributed by atoms with Crippen molar-refractivity contribution in [2.45, 2.75) is 90.4 Å². The van der Waals surface area contributed by atoms with E-state index in [1.54, 1.807) is 0 Å². The number of halogens is 4. The summed E-state index contributed by atoms with van der Waals surface area (Å²) in [6.07, 6.45) is 11.9. The van der Waals surface area contributed by atoms with E-state index in [1.165, 1.54) is 25.3 Å². The number of hydrogen-bond donors (Lipinski definition) is 0. The number of carbonyl (C=O) groups excluding carboxylic acids is 2.